The predicted octanol–water partition coefficient (Wildman–Crippen LogP) is 8.91. The van der Waals surface area contributed by atoms with Gasteiger partial charge in [-0.15, -0.1) is 5.73 Å². The van der Waals surface area contributed by atoms with Gasteiger partial charge in [0.2, 0.25) is 0 Å². The van der Waals surface area contributed by atoms with Crippen molar-refractivity contribution in [2.45, 2.75) is 65.2 Å². The van der Waals surface area contributed by atoms with Crippen LogP contribution < -0.4 is 0 Å². The van der Waals surface area contributed by atoms with Gasteiger partial charge in [0.05, 0.1) is 5.71 Å². The number of benzene rings is 2. The largest absolute Gasteiger partial charge is 0.304 e. The number of nitrogens with zero attached hydrogens (tertiary/aromatic N) is 2. The van der Waals surface area contributed by atoms with Crippen LogP contribution in [-0.2, 0) is 0 Å². The molecule has 2 aliphatic carbocycles. The fourth-order valence-electron chi connectivity index (χ4n) is 6.05. The molecule has 1 fully saturated rings. The van der Waals surface area contributed by atoms with Crippen molar-refractivity contribution in [3.63, 3.8) is 0 Å². The molecule has 0 spiro atoms. The van der Waals surface area contributed by atoms with Gasteiger partial charge in [0, 0.05) is 24.4 Å². The average Bonchev–Trinajstić information content (AvgIpc) is 3.77. The second kappa shape index (κ2) is 12.5. The molecule has 39 heavy (non-hydrogen) atoms. The van der Waals surface area contributed by atoms with Crippen LogP contribution >= 0.6 is 0 Å². The molecule has 0 saturated carbocycles. The topological polar surface area (TPSA) is 15.6 Å². The van der Waals surface area contributed by atoms with E-state index in [1.54, 1.807) is 6.07 Å². The van der Waals surface area contributed by atoms with Crippen LogP contribution in [0.15, 0.2) is 87.7 Å². The molecule has 1 radical (unpaired) electrons. The lowest BCUT2D eigenvalue weighted by molar-refractivity contribution is 0.222. The van der Waals surface area contributed by atoms with Crippen molar-refractivity contribution in [3.05, 3.63) is 106 Å². The average molecular weight is 522 g/mol. The van der Waals surface area contributed by atoms with Crippen LogP contribution in [0.1, 0.15) is 76.3 Å². The van der Waals surface area contributed by atoms with Crippen LogP contribution in [0.4, 0.5) is 4.39 Å². The molecule has 2 nitrogen and oxygen atoms in total. The zero-order valence-corrected chi connectivity index (χ0v) is 24.1. The normalized spacial score (nSPS) is 22.7. The number of piperidine rings is 1. The first-order valence-corrected chi connectivity index (χ1v) is 14.7. The molecule has 3 aliphatic rings. The summed E-state index contributed by atoms with van der Waals surface area (Å²) >= 11 is 0. The van der Waals surface area contributed by atoms with Crippen molar-refractivity contribution in [1.82, 2.24) is 4.90 Å². The summed E-state index contributed by atoms with van der Waals surface area (Å²) in [7, 11) is 1.81. The molecule has 5 rings (SSSR count). The minimum absolute atomic E-state index is 0.163. The number of hydrogen-bond acceptors (Lipinski definition) is 2. The predicted molar refractivity (Wildman–Crippen MR) is 164 cm³/mol. The molecule has 1 atom stereocenters. The van der Waals surface area contributed by atoms with E-state index in [9.17, 15) is 0 Å². The molecule has 0 amide bonds. The lowest BCUT2D eigenvalue weighted by atomic mass is 9.87. The van der Waals surface area contributed by atoms with Crippen molar-refractivity contribution in [2.24, 2.45) is 10.9 Å². The smallest absolute Gasteiger partial charge is 0.131 e. The molecule has 1 aliphatic heterocycles. The summed E-state index contributed by atoms with van der Waals surface area (Å²) < 4.78 is 15.6. The fraction of sp³-hybridized carbons (Fsp3) is 0.417. The van der Waals surface area contributed by atoms with E-state index in [1.165, 1.54) is 27.9 Å². The maximum Gasteiger partial charge on any atom is 0.131 e. The van der Waals surface area contributed by atoms with E-state index in [0.29, 0.717) is 17.2 Å². The van der Waals surface area contributed by atoms with Gasteiger partial charge in [-0.2, -0.15) is 0 Å². The monoisotopic (exact) mass is 521 g/mol. The third-order valence-corrected chi connectivity index (χ3v) is 8.63. The summed E-state index contributed by atoms with van der Waals surface area (Å²) in [6, 6.07) is 10.2. The summed E-state index contributed by atoms with van der Waals surface area (Å²) in [5.74, 6) is 0.889. The molecular weight excluding hydrogens is 479 g/mol. The Morgan fingerprint density at radius 1 is 1.15 bits per heavy atom. The summed E-state index contributed by atoms with van der Waals surface area (Å²) in [6.45, 7) is 10.0. The third kappa shape index (κ3) is 6.96. The number of rotatable bonds is 8. The van der Waals surface area contributed by atoms with E-state index in [1.807, 2.05) is 7.05 Å². The summed E-state index contributed by atoms with van der Waals surface area (Å²) in [6.07, 6.45) is 17.3. The highest BCUT2D eigenvalue weighted by molar-refractivity contribution is 6.11. The van der Waals surface area contributed by atoms with Crippen molar-refractivity contribution in [3.8, 4) is 0 Å². The van der Waals surface area contributed by atoms with Crippen LogP contribution in [0.25, 0.3) is 10.8 Å². The van der Waals surface area contributed by atoms with Gasteiger partial charge in [0.15, 0.2) is 0 Å². The Balaban J connectivity index is 1.45. The number of allylic oxidation sites excluding steroid dienone is 7. The Hall–Kier alpha value is -3.00. The van der Waals surface area contributed by atoms with E-state index in [-0.39, 0.29) is 5.82 Å². The minimum Gasteiger partial charge on any atom is -0.304 e. The summed E-state index contributed by atoms with van der Waals surface area (Å²) in [4.78, 5) is 7.14. The molecule has 1 heterocycles. The molecule has 1 unspecified atom stereocenters. The number of hydrogen-bond donors (Lipinski definition) is 0. The van der Waals surface area contributed by atoms with Crippen LogP contribution in [0.5, 0.6) is 0 Å². The van der Waals surface area contributed by atoms with E-state index >= 15 is 4.39 Å². The van der Waals surface area contributed by atoms with E-state index in [0.717, 1.165) is 74.8 Å². The van der Waals surface area contributed by atoms with Gasteiger partial charge in [-0.3, -0.25) is 4.99 Å². The van der Waals surface area contributed by atoms with Crippen molar-refractivity contribution in [1.29, 1.82) is 0 Å². The number of likely N-dealkylation sites (tertiary alicyclic amines) is 1. The SMILES string of the molecule is CCN1CCC(c2ccc3cc(C(/C=C(/CCC4=C[CH]4)C4=C=C/C(C)=C\C(C)CC4)=NC)cc(F)c3c2)CC1. The highest BCUT2D eigenvalue weighted by Crippen LogP contribution is 2.33. The molecule has 2 aromatic rings. The van der Waals surface area contributed by atoms with Gasteiger partial charge in [0.25, 0.3) is 0 Å². The molecule has 1 saturated heterocycles. The molecule has 0 aromatic heterocycles. The number of halogens is 1. The van der Waals surface area contributed by atoms with Crippen molar-refractivity contribution < 1.29 is 4.39 Å². The molecule has 203 valence electrons. The van der Waals surface area contributed by atoms with Gasteiger partial charge in [-0.05, 0) is 135 Å². The standard InChI is InChI=1S/C36H42FN2/c1-5-39-18-16-29(17-19-39)30-14-15-32-21-33(23-35(37)34(32)22-30)36(38-4)24-31(13-10-27-8-9-27)28-11-6-25(2)20-26(3)7-12-28/h6,8-9,14-15,20-24,26,29H,5,7,10,12-13,16-19H2,1-4H3/b25-20-,31-24-,38-36?. The summed E-state index contributed by atoms with van der Waals surface area (Å²) in [5.41, 5.74) is 11.7. The molecule has 3 heteroatoms. The van der Waals surface area contributed by atoms with Crippen LogP contribution in [0, 0.1) is 18.2 Å². The zero-order valence-electron chi connectivity index (χ0n) is 24.1. The van der Waals surface area contributed by atoms with Crippen molar-refractivity contribution in [2.75, 3.05) is 26.7 Å². The highest BCUT2D eigenvalue weighted by atomic mass is 19.1. The Morgan fingerprint density at radius 2 is 1.95 bits per heavy atom. The summed E-state index contributed by atoms with van der Waals surface area (Å²) in [5, 5.41) is 1.65. The van der Waals surface area contributed by atoms with Crippen LogP contribution in [0.3, 0.4) is 0 Å². The maximum atomic E-state index is 15.6. The lowest BCUT2D eigenvalue weighted by Crippen LogP contribution is -2.32. The minimum atomic E-state index is -0.163. The van der Waals surface area contributed by atoms with Gasteiger partial charge in [-0.1, -0.05) is 43.7 Å². The Morgan fingerprint density at radius 3 is 2.67 bits per heavy atom. The van der Waals surface area contributed by atoms with Gasteiger partial charge in [-0.25, -0.2) is 4.39 Å². The second-order valence-corrected chi connectivity index (χ2v) is 11.5. The maximum absolute atomic E-state index is 15.6. The highest BCUT2D eigenvalue weighted by Gasteiger charge is 2.21. The molecule has 0 bridgehead atoms. The Labute approximate surface area is 234 Å². The zero-order chi connectivity index (χ0) is 27.4. The van der Waals surface area contributed by atoms with Gasteiger partial charge in [0.1, 0.15) is 5.82 Å². The van der Waals surface area contributed by atoms with Crippen LogP contribution in [0.2, 0.25) is 0 Å². The van der Waals surface area contributed by atoms with Gasteiger partial charge >= 0.3 is 0 Å². The quantitative estimate of drug-likeness (QED) is 0.250. The first kappa shape index (κ1) is 27.6. The number of aliphatic imine (C=N–C) groups is 1. The fourth-order valence-corrected chi connectivity index (χ4v) is 6.05. The number of fused-ring (bicyclic) bond motifs is 1. The van der Waals surface area contributed by atoms with E-state index in [2.05, 4.69) is 91.4 Å². The molecule has 2 aromatic carbocycles. The lowest BCUT2D eigenvalue weighted by Gasteiger charge is -2.31. The van der Waals surface area contributed by atoms with Gasteiger partial charge < -0.3 is 4.90 Å². The first-order valence-electron chi connectivity index (χ1n) is 14.7. The molecular formula is C36H42FN2. The van der Waals surface area contributed by atoms with Crippen LogP contribution in [-0.4, -0.2) is 37.3 Å². The molecule has 0 N–H and O–H groups in total. The third-order valence-electron chi connectivity index (χ3n) is 8.63. The Bertz CT molecular complexity index is 1410. The first-order chi connectivity index (χ1) is 18.9. The van der Waals surface area contributed by atoms with Crippen molar-refractivity contribution >= 4 is 16.5 Å². The second-order valence-electron chi connectivity index (χ2n) is 11.5. The Kier molecular flexibility index (Phi) is 8.80. The van der Waals surface area contributed by atoms with E-state index in [4.69, 9.17) is 0 Å². The van der Waals surface area contributed by atoms with E-state index < -0.39 is 0 Å².